The van der Waals surface area contributed by atoms with E-state index in [2.05, 4.69) is 43.2 Å². The third-order valence-corrected chi connectivity index (χ3v) is 4.45. The quantitative estimate of drug-likeness (QED) is 0.541. The van der Waals surface area contributed by atoms with Gasteiger partial charge in [-0.25, -0.2) is 4.39 Å². The summed E-state index contributed by atoms with van der Waals surface area (Å²) in [5, 5.41) is 14.2. The molecule has 0 saturated heterocycles. The molecule has 0 radical (unpaired) electrons. The Morgan fingerprint density at radius 2 is 2.08 bits per heavy atom. The number of nitrogens with one attached hydrogen (secondary N) is 1. The monoisotopic (exact) mass is 474 g/mol. The molecule has 3 rings (SSSR count). The van der Waals surface area contributed by atoms with Gasteiger partial charge in [-0.1, -0.05) is 17.7 Å². The van der Waals surface area contributed by atoms with E-state index < -0.39 is 0 Å². The Bertz CT molecular complexity index is 877. The standard InChI is InChI=1S/C16H13ClFIN4O2/c1-2-24-14-6-10(16-20-22-23-21-16)5-13(19)15(14)25-8-9-3-4-11(18)7-12(9)17/h3-7H,2,8H2,1H3,(H,20,21,22,23). The second-order valence-corrected chi connectivity index (χ2v) is 6.55. The van der Waals surface area contributed by atoms with Crippen LogP contribution in [0.3, 0.4) is 0 Å². The number of rotatable bonds is 6. The molecule has 0 fully saturated rings. The normalized spacial score (nSPS) is 10.7. The summed E-state index contributed by atoms with van der Waals surface area (Å²) >= 11 is 8.20. The topological polar surface area (TPSA) is 72.9 Å². The Hall–Kier alpha value is -1.94. The molecule has 2 aromatic carbocycles. The predicted octanol–water partition coefficient (Wildman–Crippen LogP) is 4.24. The van der Waals surface area contributed by atoms with Gasteiger partial charge in [-0.2, -0.15) is 5.21 Å². The number of aromatic amines is 1. The summed E-state index contributed by atoms with van der Waals surface area (Å²) in [4.78, 5) is 0. The van der Waals surface area contributed by atoms with Crippen LogP contribution in [0.1, 0.15) is 12.5 Å². The summed E-state index contributed by atoms with van der Waals surface area (Å²) < 4.78 is 25.6. The third kappa shape index (κ3) is 4.18. The summed E-state index contributed by atoms with van der Waals surface area (Å²) in [5.74, 6) is 1.22. The number of hydrogen-bond acceptors (Lipinski definition) is 5. The molecule has 1 aromatic heterocycles. The zero-order chi connectivity index (χ0) is 17.8. The average molecular weight is 475 g/mol. The van der Waals surface area contributed by atoms with Crippen molar-refractivity contribution in [1.82, 2.24) is 20.6 Å². The summed E-state index contributed by atoms with van der Waals surface area (Å²) in [6, 6.07) is 7.86. The van der Waals surface area contributed by atoms with Gasteiger partial charge in [0.1, 0.15) is 12.4 Å². The minimum absolute atomic E-state index is 0.191. The van der Waals surface area contributed by atoms with Gasteiger partial charge < -0.3 is 9.47 Å². The number of aromatic nitrogens is 4. The summed E-state index contributed by atoms with van der Waals surface area (Å²) in [6.07, 6.45) is 0. The fourth-order valence-corrected chi connectivity index (χ4v) is 3.15. The lowest BCUT2D eigenvalue weighted by molar-refractivity contribution is 0.267. The highest BCUT2D eigenvalue weighted by atomic mass is 127. The van der Waals surface area contributed by atoms with Gasteiger partial charge in [0.05, 0.1) is 15.2 Å². The second-order valence-electron chi connectivity index (χ2n) is 4.98. The van der Waals surface area contributed by atoms with Gasteiger partial charge in [0.2, 0.25) is 5.82 Å². The van der Waals surface area contributed by atoms with Crippen molar-refractivity contribution in [3.05, 3.63) is 50.3 Å². The molecule has 0 amide bonds. The van der Waals surface area contributed by atoms with Crippen molar-refractivity contribution in [2.45, 2.75) is 13.5 Å². The maximum atomic E-state index is 13.2. The Labute approximate surface area is 161 Å². The van der Waals surface area contributed by atoms with Crippen LogP contribution in [0, 0.1) is 9.39 Å². The van der Waals surface area contributed by atoms with Crippen LogP contribution in [0.5, 0.6) is 11.5 Å². The lowest BCUT2D eigenvalue weighted by Gasteiger charge is -2.15. The van der Waals surface area contributed by atoms with Crippen LogP contribution in [0.4, 0.5) is 4.39 Å². The van der Waals surface area contributed by atoms with E-state index in [-0.39, 0.29) is 12.4 Å². The fourth-order valence-electron chi connectivity index (χ4n) is 2.17. The molecule has 25 heavy (non-hydrogen) atoms. The number of hydrogen-bond donors (Lipinski definition) is 1. The van der Waals surface area contributed by atoms with E-state index >= 15 is 0 Å². The Balaban J connectivity index is 1.89. The van der Waals surface area contributed by atoms with Crippen LogP contribution in [-0.2, 0) is 6.61 Å². The average Bonchev–Trinajstić information content (AvgIpc) is 3.10. The molecule has 1 heterocycles. The van der Waals surface area contributed by atoms with E-state index in [1.54, 1.807) is 12.1 Å². The van der Waals surface area contributed by atoms with Crippen LogP contribution < -0.4 is 9.47 Å². The minimum atomic E-state index is -0.386. The number of halogens is 3. The molecule has 0 atom stereocenters. The van der Waals surface area contributed by atoms with Gasteiger partial charge in [0.15, 0.2) is 11.5 Å². The maximum Gasteiger partial charge on any atom is 0.204 e. The van der Waals surface area contributed by atoms with Crippen molar-refractivity contribution in [2.75, 3.05) is 6.61 Å². The van der Waals surface area contributed by atoms with Gasteiger partial charge in [0, 0.05) is 11.1 Å². The molecular weight excluding hydrogens is 462 g/mol. The van der Waals surface area contributed by atoms with E-state index in [9.17, 15) is 4.39 Å². The Kier molecular flexibility index (Phi) is 5.69. The van der Waals surface area contributed by atoms with Crippen LogP contribution in [0.25, 0.3) is 11.4 Å². The second kappa shape index (κ2) is 7.96. The molecule has 0 aliphatic rings. The first-order chi connectivity index (χ1) is 12.1. The molecule has 3 aromatic rings. The molecule has 9 heteroatoms. The maximum absolute atomic E-state index is 13.2. The molecule has 0 aliphatic heterocycles. The zero-order valence-electron chi connectivity index (χ0n) is 13.1. The van der Waals surface area contributed by atoms with E-state index in [1.807, 2.05) is 13.0 Å². The highest BCUT2D eigenvalue weighted by Gasteiger charge is 2.16. The Morgan fingerprint density at radius 3 is 2.76 bits per heavy atom. The number of H-pyrrole nitrogens is 1. The van der Waals surface area contributed by atoms with Crippen LogP contribution in [0.15, 0.2) is 30.3 Å². The van der Waals surface area contributed by atoms with Crippen molar-refractivity contribution < 1.29 is 13.9 Å². The van der Waals surface area contributed by atoms with Crippen LogP contribution >= 0.6 is 34.2 Å². The molecule has 130 valence electrons. The zero-order valence-corrected chi connectivity index (χ0v) is 16.0. The summed E-state index contributed by atoms with van der Waals surface area (Å²) in [6.45, 7) is 2.55. The van der Waals surface area contributed by atoms with Gasteiger partial charge in [0.25, 0.3) is 0 Å². The van der Waals surface area contributed by atoms with Crippen molar-refractivity contribution in [2.24, 2.45) is 0 Å². The smallest absolute Gasteiger partial charge is 0.204 e. The van der Waals surface area contributed by atoms with Crippen molar-refractivity contribution in [1.29, 1.82) is 0 Å². The molecule has 6 nitrogen and oxygen atoms in total. The fraction of sp³-hybridized carbons (Fsp3) is 0.188. The van der Waals surface area contributed by atoms with E-state index in [0.717, 1.165) is 9.13 Å². The first-order valence-corrected chi connectivity index (χ1v) is 8.81. The van der Waals surface area contributed by atoms with Crippen LogP contribution in [-0.4, -0.2) is 27.2 Å². The van der Waals surface area contributed by atoms with Gasteiger partial charge >= 0.3 is 0 Å². The molecule has 0 spiro atoms. The van der Waals surface area contributed by atoms with E-state index in [1.165, 1.54) is 12.1 Å². The molecule has 0 unspecified atom stereocenters. The van der Waals surface area contributed by atoms with Crippen molar-refractivity contribution in [3.8, 4) is 22.9 Å². The third-order valence-electron chi connectivity index (χ3n) is 3.30. The molecule has 0 saturated carbocycles. The van der Waals surface area contributed by atoms with Crippen LogP contribution in [0.2, 0.25) is 5.02 Å². The van der Waals surface area contributed by atoms with E-state index in [0.29, 0.717) is 34.5 Å². The van der Waals surface area contributed by atoms with Crippen molar-refractivity contribution in [3.63, 3.8) is 0 Å². The van der Waals surface area contributed by atoms with Gasteiger partial charge in [-0.05, 0) is 59.0 Å². The lowest BCUT2D eigenvalue weighted by atomic mass is 10.2. The molecule has 0 aliphatic carbocycles. The number of tetrazole rings is 1. The van der Waals surface area contributed by atoms with Gasteiger partial charge in [-0.3, -0.25) is 0 Å². The van der Waals surface area contributed by atoms with E-state index in [4.69, 9.17) is 21.1 Å². The predicted molar refractivity (Wildman–Crippen MR) is 99.2 cm³/mol. The Morgan fingerprint density at radius 1 is 1.24 bits per heavy atom. The minimum Gasteiger partial charge on any atom is -0.490 e. The first kappa shape index (κ1) is 17.9. The first-order valence-electron chi connectivity index (χ1n) is 7.35. The summed E-state index contributed by atoms with van der Waals surface area (Å²) in [5.41, 5.74) is 1.44. The highest BCUT2D eigenvalue weighted by molar-refractivity contribution is 14.1. The lowest BCUT2D eigenvalue weighted by Crippen LogP contribution is -2.03. The van der Waals surface area contributed by atoms with Crippen molar-refractivity contribution >= 4 is 34.2 Å². The number of benzene rings is 2. The number of nitrogens with zero attached hydrogens (tertiary/aromatic N) is 3. The summed E-state index contributed by atoms with van der Waals surface area (Å²) in [7, 11) is 0. The molecule has 1 N–H and O–H groups in total. The SMILES string of the molecule is CCOc1cc(-c2nn[nH]n2)cc(I)c1OCc1ccc(F)cc1Cl. The highest BCUT2D eigenvalue weighted by Crippen LogP contribution is 2.37. The largest absolute Gasteiger partial charge is 0.490 e. The molecular formula is C16H13ClFIN4O2. The number of ether oxygens (including phenoxy) is 2. The molecule has 0 bridgehead atoms. The van der Waals surface area contributed by atoms with Gasteiger partial charge in [-0.15, -0.1) is 10.2 Å².